The molecule has 3 rings (SSSR count). The summed E-state index contributed by atoms with van der Waals surface area (Å²) >= 11 is 0. The van der Waals surface area contributed by atoms with Crippen molar-refractivity contribution in [3.05, 3.63) is 30.1 Å². The number of carbonyl (C=O) groups is 2. The number of carbonyl (C=O) groups excluding carboxylic acids is 2. The summed E-state index contributed by atoms with van der Waals surface area (Å²) in [4.78, 5) is 27.3. The highest BCUT2D eigenvalue weighted by Crippen LogP contribution is 2.38. The van der Waals surface area contributed by atoms with E-state index in [0.29, 0.717) is 17.4 Å². The fraction of sp³-hybridized carbons (Fsp3) is 0.375. The molecule has 0 unspecified atom stereocenters. The molecule has 1 heterocycles. The van der Waals surface area contributed by atoms with Crippen molar-refractivity contribution in [2.45, 2.75) is 25.2 Å². The zero-order chi connectivity index (χ0) is 16.9. The first-order valence-electron chi connectivity index (χ1n) is 7.94. The van der Waals surface area contributed by atoms with Gasteiger partial charge in [0.25, 0.3) is 0 Å². The fourth-order valence-electron chi connectivity index (χ4n) is 2.24. The number of aromatic nitrogens is 3. The minimum Gasteiger partial charge on any atom is -0.359 e. The van der Waals surface area contributed by atoms with Crippen LogP contribution in [-0.2, 0) is 4.79 Å². The Morgan fingerprint density at radius 3 is 2.67 bits per heavy atom. The van der Waals surface area contributed by atoms with Crippen LogP contribution in [0.1, 0.15) is 31.0 Å². The molecule has 1 fully saturated rings. The average Bonchev–Trinajstić information content (AvgIpc) is 3.32. The Bertz CT molecular complexity index is 720. The van der Waals surface area contributed by atoms with Gasteiger partial charge in [0.2, 0.25) is 5.91 Å². The first kappa shape index (κ1) is 16.0. The van der Waals surface area contributed by atoms with Crippen molar-refractivity contribution < 1.29 is 9.59 Å². The van der Waals surface area contributed by atoms with E-state index in [1.165, 1.54) is 12.8 Å². The van der Waals surface area contributed by atoms with Gasteiger partial charge in [-0.15, -0.1) is 0 Å². The van der Waals surface area contributed by atoms with Gasteiger partial charge in [0.15, 0.2) is 5.82 Å². The molecule has 0 bridgehead atoms. The van der Waals surface area contributed by atoms with E-state index in [1.54, 1.807) is 19.2 Å². The normalized spacial score (nSPS) is 13.4. The Kier molecular flexibility index (Phi) is 4.74. The monoisotopic (exact) mass is 328 g/mol. The number of H-pyrrole nitrogens is 1. The number of hydrogen-bond acceptors (Lipinski definition) is 4. The molecule has 24 heavy (non-hydrogen) atoms. The van der Waals surface area contributed by atoms with Crippen LogP contribution in [0.3, 0.4) is 0 Å². The molecule has 1 saturated carbocycles. The number of rotatable bonds is 6. The van der Waals surface area contributed by atoms with Crippen LogP contribution in [0, 0.1) is 0 Å². The summed E-state index contributed by atoms with van der Waals surface area (Å²) in [7, 11) is 1.56. The molecule has 0 spiro atoms. The van der Waals surface area contributed by atoms with Crippen molar-refractivity contribution in [1.29, 1.82) is 0 Å². The van der Waals surface area contributed by atoms with Gasteiger partial charge in [-0.05, 0) is 37.1 Å². The van der Waals surface area contributed by atoms with Gasteiger partial charge in [0.1, 0.15) is 5.82 Å². The van der Waals surface area contributed by atoms with Gasteiger partial charge in [-0.2, -0.15) is 5.10 Å². The molecule has 0 radical (unpaired) electrons. The van der Waals surface area contributed by atoms with E-state index in [-0.39, 0.29) is 24.9 Å². The summed E-state index contributed by atoms with van der Waals surface area (Å²) in [6.45, 7) is 0.282. The Morgan fingerprint density at radius 2 is 2.00 bits per heavy atom. The first-order chi connectivity index (χ1) is 11.7. The maximum atomic E-state index is 11.7. The van der Waals surface area contributed by atoms with Crippen molar-refractivity contribution in [3.63, 3.8) is 0 Å². The summed E-state index contributed by atoms with van der Waals surface area (Å²) in [5, 5.41) is 15.0. The summed E-state index contributed by atoms with van der Waals surface area (Å²) in [6, 6.07) is 6.96. The molecule has 1 aliphatic carbocycles. The molecular weight excluding hydrogens is 308 g/mol. The number of nitrogens with one attached hydrogen (secondary N) is 4. The summed E-state index contributed by atoms with van der Waals surface area (Å²) in [5.41, 5.74) is 1.55. The van der Waals surface area contributed by atoms with Gasteiger partial charge in [0, 0.05) is 37.2 Å². The molecule has 4 N–H and O–H groups in total. The summed E-state index contributed by atoms with van der Waals surface area (Å²) in [5.74, 6) is 2.03. The second-order valence-electron chi connectivity index (χ2n) is 5.70. The lowest BCUT2D eigenvalue weighted by molar-refractivity contribution is -0.120. The number of benzene rings is 1. The van der Waals surface area contributed by atoms with Gasteiger partial charge in [-0.25, -0.2) is 9.78 Å². The molecule has 126 valence electrons. The predicted octanol–water partition coefficient (Wildman–Crippen LogP) is 1.61. The highest BCUT2D eigenvalue weighted by atomic mass is 16.2. The van der Waals surface area contributed by atoms with E-state index in [4.69, 9.17) is 0 Å². The van der Waals surface area contributed by atoms with Crippen LogP contribution < -0.4 is 16.0 Å². The lowest BCUT2D eigenvalue weighted by Gasteiger charge is -2.07. The molecular formula is C16H20N6O2. The van der Waals surface area contributed by atoms with E-state index >= 15 is 0 Å². The lowest BCUT2D eigenvalue weighted by atomic mass is 10.2. The standard InChI is InChI=1S/C16H20N6O2/c1-17-13(23)8-9-18-16(24)19-12-6-4-11(5-7-12)15-20-14(21-22-15)10-2-3-10/h4-7,10H,2-3,8-9H2,1H3,(H,17,23)(H2,18,19,24)(H,20,21,22). The largest absolute Gasteiger partial charge is 0.359 e. The Hall–Kier alpha value is -2.90. The molecule has 3 amide bonds. The third-order valence-corrected chi connectivity index (χ3v) is 3.78. The van der Waals surface area contributed by atoms with Crippen molar-refractivity contribution in [3.8, 4) is 11.4 Å². The van der Waals surface area contributed by atoms with Gasteiger partial charge in [-0.3, -0.25) is 9.89 Å². The van der Waals surface area contributed by atoms with Crippen LogP contribution in [0.2, 0.25) is 0 Å². The smallest absolute Gasteiger partial charge is 0.319 e. The number of hydrogen-bond donors (Lipinski definition) is 4. The third kappa shape index (κ3) is 4.09. The zero-order valence-electron chi connectivity index (χ0n) is 13.4. The minimum atomic E-state index is -0.347. The van der Waals surface area contributed by atoms with Gasteiger partial charge >= 0.3 is 6.03 Å². The van der Waals surface area contributed by atoms with Gasteiger partial charge < -0.3 is 16.0 Å². The topological polar surface area (TPSA) is 112 Å². The fourth-order valence-corrected chi connectivity index (χ4v) is 2.24. The Morgan fingerprint density at radius 1 is 1.25 bits per heavy atom. The minimum absolute atomic E-state index is 0.114. The number of aromatic amines is 1. The number of amides is 3. The Balaban J connectivity index is 1.52. The first-order valence-corrected chi connectivity index (χ1v) is 7.94. The zero-order valence-corrected chi connectivity index (χ0v) is 13.4. The van der Waals surface area contributed by atoms with Crippen molar-refractivity contribution >= 4 is 17.6 Å². The highest BCUT2D eigenvalue weighted by Gasteiger charge is 2.27. The SMILES string of the molecule is CNC(=O)CCNC(=O)Nc1ccc(-c2n[nH]c(C3CC3)n2)cc1. The van der Waals surface area contributed by atoms with Crippen LogP contribution in [0.5, 0.6) is 0 Å². The second kappa shape index (κ2) is 7.12. The van der Waals surface area contributed by atoms with Crippen molar-refractivity contribution in [2.75, 3.05) is 18.9 Å². The van der Waals surface area contributed by atoms with Crippen LogP contribution in [-0.4, -0.2) is 40.7 Å². The molecule has 8 nitrogen and oxygen atoms in total. The average molecular weight is 328 g/mol. The predicted molar refractivity (Wildman–Crippen MR) is 89.5 cm³/mol. The van der Waals surface area contributed by atoms with E-state index < -0.39 is 0 Å². The Labute approximate surface area is 139 Å². The quantitative estimate of drug-likeness (QED) is 0.645. The van der Waals surface area contributed by atoms with Crippen molar-refractivity contribution in [1.82, 2.24) is 25.8 Å². The molecule has 1 aliphatic rings. The maximum Gasteiger partial charge on any atom is 0.319 e. The van der Waals surface area contributed by atoms with E-state index in [1.807, 2.05) is 12.1 Å². The van der Waals surface area contributed by atoms with Crippen LogP contribution in [0.4, 0.5) is 10.5 Å². The molecule has 1 aromatic heterocycles. The van der Waals surface area contributed by atoms with Gasteiger partial charge in [-0.1, -0.05) is 0 Å². The molecule has 1 aromatic carbocycles. The van der Waals surface area contributed by atoms with Crippen LogP contribution in [0.25, 0.3) is 11.4 Å². The van der Waals surface area contributed by atoms with E-state index in [0.717, 1.165) is 11.4 Å². The number of urea groups is 1. The highest BCUT2D eigenvalue weighted by molar-refractivity contribution is 5.89. The van der Waals surface area contributed by atoms with Gasteiger partial charge in [0.05, 0.1) is 0 Å². The number of anilines is 1. The summed E-state index contributed by atoms with van der Waals surface area (Å²) < 4.78 is 0. The lowest BCUT2D eigenvalue weighted by Crippen LogP contribution is -2.32. The molecule has 0 atom stereocenters. The summed E-state index contributed by atoms with van der Waals surface area (Å²) in [6.07, 6.45) is 2.59. The molecule has 0 aliphatic heterocycles. The second-order valence-corrected chi connectivity index (χ2v) is 5.70. The molecule has 2 aromatic rings. The third-order valence-electron chi connectivity index (χ3n) is 3.78. The van der Waals surface area contributed by atoms with Crippen LogP contribution >= 0.6 is 0 Å². The molecule has 8 heteroatoms. The van der Waals surface area contributed by atoms with Crippen molar-refractivity contribution in [2.24, 2.45) is 0 Å². The van der Waals surface area contributed by atoms with Crippen LogP contribution in [0.15, 0.2) is 24.3 Å². The maximum absolute atomic E-state index is 11.7. The van der Waals surface area contributed by atoms with E-state index in [9.17, 15) is 9.59 Å². The molecule has 0 saturated heterocycles. The van der Waals surface area contributed by atoms with E-state index in [2.05, 4.69) is 31.1 Å². The number of nitrogens with zero attached hydrogens (tertiary/aromatic N) is 2.